The number of hydrogen-bond acceptors (Lipinski definition) is 6. The fourth-order valence-corrected chi connectivity index (χ4v) is 2.40. The molecular formula is C17H12FN3O3. The number of benzene rings is 2. The summed E-state index contributed by atoms with van der Waals surface area (Å²) in [6.45, 7) is 0. The van der Waals surface area contributed by atoms with Crippen LogP contribution >= 0.6 is 0 Å². The zero-order valence-corrected chi connectivity index (χ0v) is 12.7. The summed E-state index contributed by atoms with van der Waals surface area (Å²) in [5, 5.41) is 7.89. The van der Waals surface area contributed by atoms with Crippen molar-refractivity contribution in [2.24, 2.45) is 0 Å². The first-order chi connectivity index (χ1) is 11.7. The molecule has 120 valence electrons. The van der Waals surface area contributed by atoms with E-state index in [1.165, 1.54) is 12.1 Å². The summed E-state index contributed by atoms with van der Waals surface area (Å²) in [6, 6.07) is 11.4. The molecule has 0 amide bonds. The van der Waals surface area contributed by atoms with Gasteiger partial charge in [0.2, 0.25) is 17.7 Å². The van der Waals surface area contributed by atoms with Crippen LogP contribution in [0.5, 0.6) is 5.75 Å². The van der Waals surface area contributed by atoms with Crippen LogP contribution < -0.4 is 4.74 Å². The number of hydrogen-bond donors (Lipinski definition) is 0. The summed E-state index contributed by atoms with van der Waals surface area (Å²) >= 11 is 0. The van der Waals surface area contributed by atoms with E-state index in [9.17, 15) is 4.39 Å². The molecule has 2 aromatic heterocycles. The molecular weight excluding hydrogens is 313 g/mol. The van der Waals surface area contributed by atoms with Crippen molar-refractivity contribution in [3.05, 3.63) is 60.1 Å². The zero-order chi connectivity index (χ0) is 16.5. The molecule has 4 aromatic rings. The Morgan fingerprint density at radius 3 is 2.75 bits per heavy atom. The summed E-state index contributed by atoms with van der Waals surface area (Å²) in [5.41, 5.74) is 1.78. The first-order valence-electron chi connectivity index (χ1n) is 7.23. The number of methoxy groups -OCH3 is 1. The molecule has 0 aliphatic rings. The van der Waals surface area contributed by atoms with Gasteiger partial charge in [-0.05, 0) is 30.3 Å². The predicted molar refractivity (Wildman–Crippen MR) is 83.1 cm³/mol. The van der Waals surface area contributed by atoms with Crippen molar-refractivity contribution in [1.29, 1.82) is 0 Å². The summed E-state index contributed by atoms with van der Waals surface area (Å²) < 4.78 is 29.8. The molecule has 6 nitrogen and oxygen atoms in total. The Bertz CT molecular complexity index is 1010. The number of halogens is 1. The Hall–Kier alpha value is -3.22. The molecule has 0 aliphatic carbocycles. The zero-order valence-electron chi connectivity index (χ0n) is 12.7. The van der Waals surface area contributed by atoms with E-state index in [1.54, 1.807) is 25.3 Å². The van der Waals surface area contributed by atoms with Crippen molar-refractivity contribution >= 4 is 11.1 Å². The number of nitrogens with zero attached hydrogens (tertiary/aromatic N) is 3. The van der Waals surface area contributed by atoms with Gasteiger partial charge >= 0.3 is 0 Å². The number of aromatic nitrogens is 3. The Balaban J connectivity index is 1.62. The van der Waals surface area contributed by atoms with Crippen molar-refractivity contribution in [2.75, 3.05) is 7.11 Å². The van der Waals surface area contributed by atoms with Gasteiger partial charge in [-0.25, -0.2) is 9.37 Å². The molecule has 0 saturated carbocycles. The maximum absolute atomic E-state index is 13.3. The standard InChI is InChI=1S/C17H12FN3O3/c1-22-12-6-3-7-13-16(12)19-14(23-13)9-15-20-21-17(24-15)10-4-2-5-11(18)8-10/h2-8H,9H2,1H3. The second-order valence-corrected chi connectivity index (χ2v) is 5.10. The van der Waals surface area contributed by atoms with Gasteiger partial charge < -0.3 is 13.6 Å². The number of fused-ring (bicyclic) bond motifs is 1. The van der Waals surface area contributed by atoms with Crippen molar-refractivity contribution in [2.45, 2.75) is 6.42 Å². The number of rotatable bonds is 4. The average molecular weight is 325 g/mol. The van der Waals surface area contributed by atoms with Crippen LogP contribution in [0.15, 0.2) is 51.3 Å². The normalized spacial score (nSPS) is 11.1. The monoisotopic (exact) mass is 325 g/mol. The number of ether oxygens (including phenoxy) is 1. The molecule has 2 heterocycles. The third-order valence-electron chi connectivity index (χ3n) is 3.49. The second-order valence-electron chi connectivity index (χ2n) is 5.10. The van der Waals surface area contributed by atoms with Crippen LogP contribution in [0.2, 0.25) is 0 Å². The maximum Gasteiger partial charge on any atom is 0.247 e. The molecule has 0 aliphatic heterocycles. The molecule has 0 N–H and O–H groups in total. The van der Waals surface area contributed by atoms with Crippen molar-refractivity contribution < 1.29 is 18.0 Å². The SMILES string of the molecule is COc1cccc2oc(Cc3nnc(-c4cccc(F)c4)o3)nc12. The summed E-state index contributed by atoms with van der Waals surface area (Å²) in [4.78, 5) is 4.40. The third-order valence-corrected chi connectivity index (χ3v) is 3.49. The Morgan fingerprint density at radius 2 is 1.92 bits per heavy atom. The highest BCUT2D eigenvalue weighted by Crippen LogP contribution is 2.26. The van der Waals surface area contributed by atoms with Crippen LogP contribution in [0.4, 0.5) is 4.39 Å². The van der Waals surface area contributed by atoms with Crippen LogP contribution in [-0.2, 0) is 6.42 Å². The number of para-hydroxylation sites is 1. The Kier molecular flexibility index (Phi) is 3.45. The van der Waals surface area contributed by atoms with E-state index in [0.29, 0.717) is 34.2 Å². The van der Waals surface area contributed by atoms with E-state index in [0.717, 1.165) is 0 Å². The van der Waals surface area contributed by atoms with Gasteiger partial charge in [-0.2, -0.15) is 0 Å². The van der Waals surface area contributed by atoms with Gasteiger partial charge in [0.1, 0.15) is 18.0 Å². The van der Waals surface area contributed by atoms with Crippen LogP contribution in [0.1, 0.15) is 11.8 Å². The molecule has 0 unspecified atom stereocenters. The number of oxazole rings is 1. The summed E-state index contributed by atoms with van der Waals surface area (Å²) in [7, 11) is 1.58. The second kappa shape index (κ2) is 5.77. The van der Waals surface area contributed by atoms with Gasteiger partial charge in [0.05, 0.1) is 7.11 Å². The Labute approximate surface area is 135 Å². The highest BCUT2D eigenvalue weighted by atomic mass is 19.1. The molecule has 0 fully saturated rings. The van der Waals surface area contributed by atoms with E-state index < -0.39 is 0 Å². The maximum atomic E-state index is 13.3. The molecule has 0 radical (unpaired) electrons. The molecule has 4 rings (SSSR count). The Morgan fingerprint density at radius 1 is 1.04 bits per heavy atom. The van der Waals surface area contributed by atoms with Crippen LogP contribution in [-0.4, -0.2) is 22.3 Å². The molecule has 24 heavy (non-hydrogen) atoms. The lowest BCUT2D eigenvalue weighted by Crippen LogP contribution is -1.88. The van der Waals surface area contributed by atoms with Crippen LogP contribution in [0.3, 0.4) is 0 Å². The predicted octanol–water partition coefficient (Wildman–Crippen LogP) is 3.62. The summed E-state index contributed by atoms with van der Waals surface area (Å²) in [6.07, 6.45) is 0.236. The van der Waals surface area contributed by atoms with Crippen LogP contribution in [0.25, 0.3) is 22.6 Å². The quantitative estimate of drug-likeness (QED) is 0.570. The van der Waals surface area contributed by atoms with Gasteiger partial charge in [0, 0.05) is 5.56 Å². The fraction of sp³-hybridized carbons (Fsp3) is 0.118. The smallest absolute Gasteiger partial charge is 0.247 e. The molecule has 0 atom stereocenters. The van der Waals surface area contributed by atoms with Crippen LogP contribution in [0, 0.1) is 5.82 Å². The van der Waals surface area contributed by atoms with Gasteiger partial charge in [-0.15, -0.1) is 10.2 Å². The highest BCUT2D eigenvalue weighted by molar-refractivity contribution is 5.79. The average Bonchev–Trinajstić information content (AvgIpc) is 3.21. The first kappa shape index (κ1) is 14.4. The topological polar surface area (TPSA) is 74.2 Å². The minimum atomic E-state index is -0.363. The largest absolute Gasteiger partial charge is 0.494 e. The highest BCUT2D eigenvalue weighted by Gasteiger charge is 2.15. The van der Waals surface area contributed by atoms with Gasteiger partial charge in [0.15, 0.2) is 11.1 Å². The van der Waals surface area contributed by atoms with Gasteiger partial charge in [-0.1, -0.05) is 12.1 Å². The molecule has 0 saturated heterocycles. The lowest BCUT2D eigenvalue weighted by atomic mass is 10.2. The van der Waals surface area contributed by atoms with E-state index in [2.05, 4.69) is 15.2 Å². The van der Waals surface area contributed by atoms with E-state index in [-0.39, 0.29) is 18.1 Å². The molecule has 0 spiro atoms. The minimum Gasteiger partial charge on any atom is -0.494 e. The third kappa shape index (κ3) is 2.60. The molecule has 7 heteroatoms. The van der Waals surface area contributed by atoms with E-state index in [1.807, 2.05) is 12.1 Å². The molecule has 2 aromatic carbocycles. The van der Waals surface area contributed by atoms with Gasteiger partial charge in [0.25, 0.3) is 0 Å². The fourth-order valence-electron chi connectivity index (χ4n) is 2.40. The van der Waals surface area contributed by atoms with E-state index >= 15 is 0 Å². The van der Waals surface area contributed by atoms with Crippen molar-refractivity contribution in [3.8, 4) is 17.2 Å². The first-order valence-corrected chi connectivity index (χ1v) is 7.23. The van der Waals surface area contributed by atoms with E-state index in [4.69, 9.17) is 13.6 Å². The summed E-state index contributed by atoms with van der Waals surface area (Å²) in [5.74, 6) is 1.29. The molecule has 0 bridgehead atoms. The van der Waals surface area contributed by atoms with Crippen molar-refractivity contribution in [3.63, 3.8) is 0 Å². The lowest BCUT2D eigenvalue weighted by Gasteiger charge is -1.96. The lowest BCUT2D eigenvalue weighted by molar-refractivity contribution is 0.419. The van der Waals surface area contributed by atoms with Gasteiger partial charge in [-0.3, -0.25) is 0 Å². The minimum absolute atomic E-state index is 0.236. The van der Waals surface area contributed by atoms with Crippen molar-refractivity contribution in [1.82, 2.24) is 15.2 Å².